The van der Waals surface area contributed by atoms with Crippen molar-refractivity contribution < 1.29 is 19.1 Å². The smallest absolute Gasteiger partial charge is 0.339 e. The van der Waals surface area contributed by atoms with Crippen molar-refractivity contribution in [3.63, 3.8) is 0 Å². The molecule has 2 aromatic heterocycles. The number of carboxylic acid groups (broad SMARTS) is 1. The summed E-state index contributed by atoms with van der Waals surface area (Å²) in [4.78, 5) is 26.4. The molecule has 0 saturated carbocycles. The standard InChI is InChI=1S/C12H10N2O4/c15-11(10-9(12(16)17)3-5-18-10)14-7-8-2-1-4-13-6-8/h1-6H,7H2,(H,14,15)(H,16,17). The maximum Gasteiger partial charge on any atom is 0.339 e. The van der Waals surface area contributed by atoms with Crippen molar-refractivity contribution in [3.05, 3.63) is 53.7 Å². The molecule has 1 amide bonds. The number of hydrogen-bond acceptors (Lipinski definition) is 4. The Morgan fingerprint density at radius 3 is 2.89 bits per heavy atom. The van der Waals surface area contributed by atoms with E-state index in [-0.39, 0.29) is 17.9 Å². The fraction of sp³-hybridized carbons (Fsp3) is 0.0833. The van der Waals surface area contributed by atoms with Crippen LogP contribution in [0.25, 0.3) is 0 Å². The van der Waals surface area contributed by atoms with Gasteiger partial charge in [-0.3, -0.25) is 9.78 Å². The fourth-order valence-corrected chi connectivity index (χ4v) is 1.42. The second-order valence-electron chi connectivity index (χ2n) is 3.51. The molecule has 0 aliphatic heterocycles. The SMILES string of the molecule is O=C(O)c1ccoc1C(=O)NCc1cccnc1. The molecule has 18 heavy (non-hydrogen) atoms. The Kier molecular flexibility index (Phi) is 3.38. The lowest BCUT2D eigenvalue weighted by atomic mass is 10.2. The molecule has 0 spiro atoms. The van der Waals surface area contributed by atoms with Gasteiger partial charge in [0.1, 0.15) is 5.56 Å². The zero-order chi connectivity index (χ0) is 13.0. The molecule has 0 bridgehead atoms. The second kappa shape index (κ2) is 5.13. The first-order valence-electron chi connectivity index (χ1n) is 5.16. The number of pyridine rings is 1. The van der Waals surface area contributed by atoms with Crippen LogP contribution in [0.15, 0.2) is 41.3 Å². The molecule has 0 aromatic carbocycles. The average Bonchev–Trinajstić information content (AvgIpc) is 2.86. The van der Waals surface area contributed by atoms with Gasteiger partial charge in [0.25, 0.3) is 5.91 Å². The average molecular weight is 246 g/mol. The Morgan fingerprint density at radius 1 is 1.39 bits per heavy atom. The van der Waals surface area contributed by atoms with Crippen LogP contribution in [0.3, 0.4) is 0 Å². The molecule has 0 atom stereocenters. The molecule has 6 heteroatoms. The molecule has 6 nitrogen and oxygen atoms in total. The number of nitrogens with zero attached hydrogens (tertiary/aromatic N) is 1. The molecule has 0 aliphatic rings. The third kappa shape index (κ3) is 2.54. The van der Waals surface area contributed by atoms with Crippen LogP contribution in [-0.4, -0.2) is 22.0 Å². The van der Waals surface area contributed by atoms with Crippen molar-refractivity contribution in [1.82, 2.24) is 10.3 Å². The van der Waals surface area contributed by atoms with Crippen molar-refractivity contribution in [2.24, 2.45) is 0 Å². The summed E-state index contributed by atoms with van der Waals surface area (Å²) in [7, 11) is 0. The molecule has 2 rings (SSSR count). The van der Waals surface area contributed by atoms with E-state index in [0.717, 1.165) is 5.56 Å². The number of amides is 1. The van der Waals surface area contributed by atoms with E-state index < -0.39 is 11.9 Å². The molecule has 0 unspecified atom stereocenters. The van der Waals surface area contributed by atoms with Crippen molar-refractivity contribution >= 4 is 11.9 Å². The summed E-state index contributed by atoms with van der Waals surface area (Å²) >= 11 is 0. The maximum absolute atomic E-state index is 11.7. The van der Waals surface area contributed by atoms with Gasteiger partial charge < -0.3 is 14.8 Å². The summed E-state index contributed by atoms with van der Waals surface area (Å²) in [5, 5.41) is 11.4. The van der Waals surface area contributed by atoms with Gasteiger partial charge in [0.05, 0.1) is 6.26 Å². The quantitative estimate of drug-likeness (QED) is 0.848. The zero-order valence-corrected chi connectivity index (χ0v) is 9.29. The number of carbonyl (C=O) groups is 2. The number of carbonyl (C=O) groups excluding carboxylic acids is 1. The summed E-state index contributed by atoms with van der Waals surface area (Å²) in [5.74, 6) is -1.97. The van der Waals surface area contributed by atoms with Gasteiger partial charge in [-0.1, -0.05) is 6.07 Å². The molecular weight excluding hydrogens is 236 g/mol. The monoisotopic (exact) mass is 246 g/mol. The number of hydrogen-bond donors (Lipinski definition) is 2. The highest BCUT2D eigenvalue weighted by atomic mass is 16.4. The normalized spacial score (nSPS) is 10.0. The molecule has 0 radical (unpaired) electrons. The van der Waals surface area contributed by atoms with Crippen molar-refractivity contribution in [2.75, 3.05) is 0 Å². The predicted molar refractivity (Wildman–Crippen MR) is 61.1 cm³/mol. The predicted octanol–water partition coefficient (Wildman–Crippen LogP) is 1.30. The third-order valence-electron chi connectivity index (χ3n) is 2.28. The largest absolute Gasteiger partial charge is 0.478 e. The maximum atomic E-state index is 11.7. The second-order valence-corrected chi connectivity index (χ2v) is 3.51. The van der Waals surface area contributed by atoms with E-state index in [1.807, 2.05) is 0 Å². The van der Waals surface area contributed by atoms with Gasteiger partial charge in [-0.05, 0) is 17.7 Å². The number of aromatic carboxylic acids is 1. The number of furan rings is 1. The van der Waals surface area contributed by atoms with Gasteiger partial charge in [-0.15, -0.1) is 0 Å². The van der Waals surface area contributed by atoms with Gasteiger partial charge in [0.15, 0.2) is 0 Å². The van der Waals surface area contributed by atoms with Crippen LogP contribution in [0.2, 0.25) is 0 Å². The Hall–Kier alpha value is -2.63. The minimum atomic E-state index is -1.20. The van der Waals surface area contributed by atoms with Gasteiger partial charge in [-0.2, -0.15) is 0 Å². The van der Waals surface area contributed by atoms with Crippen LogP contribution in [0.1, 0.15) is 26.5 Å². The van der Waals surface area contributed by atoms with Gasteiger partial charge in [-0.25, -0.2) is 4.79 Å². The number of nitrogens with one attached hydrogen (secondary N) is 1. The lowest BCUT2D eigenvalue weighted by molar-refractivity contribution is 0.0688. The van der Waals surface area contributed by atoms with E-state index in [1.165, 1.54) is 12.3 Å². The van der Waals surface area contributed by atoms with Gasteiger partial charge in [0.2, 0.25) is 5.76 Å². The van der Waals surface area contributed by atoms with Gasteiger partial charge >= 0.3 is 5.97 Å². The fourth-order valence-electron chi connectivity index (χ4n) is 1.42. The van der Waals surface area contributed by atoms with Crippen LogP contribution in [0.5, 0.6) is 0 Å². The van der Waals surface area contributed by atoms with E-state index in [2.05, 4.69) is 10.3 Å². The molecule has 0 fully saturated rings. The highest BCUT2D eigenvalue weighted by Gasteiger charge is 2.19. The Balaban J connectivity index is 2.04. The first kappa shape index (κ1) is 11.8. The van der Waals surface area contributed by atoms with Crippen LogP contribution in [0, 0.1) is 0 Å². The van der Waals surface area contributed by atoms with Crippen molar-refractivity contribution in [3.8, 4) is 0 Å². The summed E-state index contributed by atoms with van der Waals surface area (Å²) in [6.07, 6.45) is 4.41. The van der Waals surface area contributed by atoms with Gasteiger partial charge in [0, 0.05) is 18.9 Å². The molecule has 92 valence electrons. The van der Waals surface area contributed by atoms with E-state index in [1.54, 1.807) is 24.5 Å². The molecule has 2 N–H and O–H groups in total. The molecule has 0 aliphatic carbocycles. The molecular formula is C12H10N2O4. The first-order valence-corrected chi connectivity index (χ1v) is 5.16. The van der Waals surface area contributed by atoms with E-state index in [0.29, 0.717) is 0 Å². The minimum absolute atomic E-state index is 0.154. The summed E-state index contributed by atoms with van der Waals surface area (Å²) in [5.41, 5.74) is 0.660. The van der Waals surface area contributed by atoms with E-state index in [4.69, 9.17) is 9.52 Å². The highest BCUT2D eigenvalue weighted by Crippen LogP contribution is 2.10. The zero-order valence-electron chi connectivity index (χ0n) is 9.29. The lowest BCUT2D eigenvalue weighted by Gasteiger charge is -2.03. The van der Waals surface area contributed by atoms with Crippen molar-refractivity contribution in [2.45, 2.75) is 6.54 Å². The van der Waals surface area contributed by atoms with Crippen molar-refractivity contribution in [1.29, 1.82) is 0 Å². The molecule has 2 heterocycles. The van der Waals surface area contributed by atoms with Crippen LogP contribution in [-0.2, 0) is 6.54 Å². The minimum Gasteiger partial charge on any atom is -0.478 e. The molecule has 0 saturated heterocycles. The van der Waals surface area contributed by atoms with E-state index >= 15 is 0 Å². The number of aromatic nitrogens is 1. The van der Waals surface area contributed by atoms with Crippen LogP contribution >= 0.6 is 0 Å². The summed E-state index contributed by atoms with van der Waals surface area (Å²) in [6, 6.07) is 4.78. The molecule has 2 aromatic rings. The number of carboxylic acids is 1. The third-order valence-corrected chi connectivity index (χ3v) is 2.28. The number of rotatable bonds is 4. The van der Waals surface area contributed by atoms with Crippen LogP contribution in [0.4, 0.5) is 0 Å². The van der Waals surface area contributed by atoms with Crippen LogP contribution < -0.4 is 5.32 Å². The lowest BCUT2D eigenvalue weighted by Crippen LogP contribution is -2.24. The topological polar surface area (TPSA) is 92.4 Å². The summed E-state index contributed by atoms with van der Waals surface area (Å²) in [6.45, 7) is 0.256. The van der Waals surface area contributed by atoms with E-state index in [9.17, 15) is 9.59 Å². The Labute approximate surface area is 102 Å². The first-order chi connectivity index (χ1) is 8.68. The Bertz CT molecular complexity index is 562. The summed E-state index contributed by atoms with van der Waals surface area (Å²) < 4.78 is 4.87. The highest BCUT2D eigenvalue weighted by molar-refractivity contribution is 6.02. The Morgan fingerprint density at radius 2 is 2.22 bits per heavy atom.